The van der Waals surface area contributed by atoms with Gasteiger partial charge in [0, 0.05) is 6.72 Å². The molecule has 0 aliphatic rings. The lowest BCUT2D eigenvalue weighted by atomic mass is 10.6. The van der Waals surface area contributed by atoms with E-state index in [1.54, 1.807) is 0 Å². The molecule has 0 aromatic carbocycles. The van der Waals surface area contributed by atoms with Crippen LogP contribution < -0.4 is 0 Å². The Morgan fingerprint density at radius 2 is 1.80 bits per heavy atom. The van der Waals surface area contributed by atoms with E-state index in [4.69, 9.17) is 4.53 Å². The van der Waals surface area contributed by atoms with Crippen molar-refractivity contribution in [1.82, 2.24) is 0 Å². The van der Waals surface area contributed by atoms with E-state index in [1.165, 1.54) is 24.9 Å². The van der Waals surface area contributed by atoms with Crippen LogP contribution in [0, 0.1) is 0 Å². The van der Waals surface area contributed by atoms with Gasteiger partial charge in [0.15, 0.2) is 0 Å². The third-order valence-electron chi connectivity index (χ3n) is 1.44. The summed E-state index contributed by atoms with van der Waals surface area (Å²) in [5.41, 5.74) is 0. The topological polar surface area (TPSA) is 21.6 Å². The van der Waals surface area contributed by atoms with Crippen molar-refractivity contribution in [3.05, 3.63) is 0 Å². The molecule has 0 aliphatic heterocycles. The highest BCUT2D eigenvalue weighted by atomic mass is 28.3. The fraction of sp³-hybridized carbons (Fsp3) is 0.857. The standard InChI is InChI=1S/C7H17NOSi/c1-4-6-10(7-5-2)9-8-3/h10H,3-7H2,1-2H3. The Kier molecular flexibility index (Phi) is 6.59. The molecule has 0 radical (unpaired) electrons. The summed E-state index contributed by atoms with van der Waals surface area (Å²) in [5, 5.41) is 3.48. The van der Waals surface area contributed by atoms with Crippen LogP contribution in [0.4, 0.5) is 0 Å². The van der Waals surface area contributed by atoms with Crippen molar-refractivity contribution in [2.75, 3.05) is 0 Å². The smallest absolute Gasteiger partial charge is 0.272 e. The molecule has 0 spiro atoms. The average molecular weight is 159 g/mol. The molecular formula is C7H17NOSi. The molecule has 0 saturated heterocycles. The molecule has 0 fully saturated rings. The van der Waals surface area contributed by atoms with Crippen molar-refractivity contribution in [2.45, 2.75) is 38.8 Å². The van der Waals surface area contributed by atoms with Gasteiger partial charge in [0.25, 0.3) is 9.04 Å². The van der Waals surface area contributed by atoms with E-state index in [1.807, 2.05) is 0 Å². The van der Waals surface area contributed by atoms with Gasteiger partial charge in [-0.1, -0.05) is 26.7 Å². The maximum atomic E-state index is 5.18. The van der Waals surface area contributed by atoms with Crippen molar-refractivity contribution in [3.8, 4) is 0 Å². The summed E-state index contributed by atoms with van der Waals surface area (Å²) in [4.78, 5) is 0. The Morgan fingerprint density at radius 1 is 1.30 bits per heavy atom. The normalized spacial score (nSPS) is 9.90. The fourth-order valence-corrected chi connectivity index (χ4v) is 3.00. The van der Waals surface area contributed by atoms with Gasteiger partial charge in [0.1, 0.15) is 0 Å². The van der Waals surface area contributed by atoms with Crippen molar-refractivity contribution in [2.24, 2.45) is 5.16 Å². The third-order valence-corrected chi connectivity index (χ3v) is 4.33. The Bertz CT molecular complexity index is 81.7. The van der Waals surface area contributed by atoms with Crippen LogP contribution in [-0.4, -0.2) is 15.8 Å². The Labute approximate surface area is 65.0 Å². The van der Waals surface area contributed by atoms with Crippen LogP contribution in [0.2, 0.25) is 12.1 Å². The minimum Gasteiger partial charge on any atom is -0.459 e. The van der Waals surface area contributed by atoms with Gasteiger partial charge in [-0.25, -0.2) is 0 Å². The monoisotopic (exact) mass is 159 g/mol. The molecule has 0 bridgehead atoms. The molecule has 0 aromatic heterocycles. The summed E-state index contributed by atoms with van der Waals surface area (Å²) in [7, 11) is -0.963. The molecule has 0 heterocycles. The number of hydrogen-bond donors (Lipinski definition) is 0. The van der Waals surface area contributed by atoms with Crippen LogP contribution in [0.3, 0.4) is 0 Å². The highest BCUT2D eigenvalue weighted by Crippen LogP contribution is 2.06. The molecule has 0 aliphatic carbocycles. The summed E-state index contributed by atoms with van der Waals surface area (Å²) < 4.78 is 5.18. The van der Waals surface area contributed by atoms with E-state index in [0.717, 1.165) is 0 Å². The number of rotatable bonds is 6. The van der Waals surface area contributed by atoms with Gasteiger partial charge in [0.05, 0.1) is 0 Å². The molecule has 0 saturated carbocycles. The second kappa shape index (κ2) is 6.80. The lowest BCUT2D eigenvalue weighted by Gasteiger charge is -2.09. The van der Waals surface area contributed by atoms with E-state index >= 15 is 0 Å². The van der Waals surface area contributed by atoms with Crippen molar-refractivity contribution in [3.63, 3.8) is 0 Å². The van der Waals surface area contributed by atoms with Crippen LogP contribution in [0.25, 0.3) is 0 Å². The van der Waals surface area contributed by atoms with Crippen LogP contribution in [-0.2, 0) is 4.53 Å². The summed E-state index contributed by atoms with van der Waals surface area (Å²) in [6, 6.07) is 2.46. The molecule has 0 amide bonds. The molecular weight excluding hydrogens is 142 g/mol. The zero-order chi connectivity index (χ0) is 7.82. The molecule has 0 N–H and O–H groups in total. The highest BCUT2D eigenvalue weighted by Gasteiger charge is 2.09. The van der Waals surface area contributed by atoms with Gasteiger partial charge >= 0.3 is 0 Å². The Hall–Kier alpha value is -0.313. The van der Waals surface area contributed by atoms with E-state index in [-0.39, 0.29) is 0 Å². The van der Waals surface area contributed by atoms with Gasteiger partial charge in [-0.15, -0.1) is 5.16 Å². The second-order valence-electron chi connectivity index (χ2n) is 2.43. The maximum absolute atomic E-state index is 5.18. The number of oxime groups is 1. The number of nitrogens with zero attached hydrogens (tertiary/aromatic N) is 1. The van der Waals surface area contributed by atoms with Crippen molar-refractivity contribution >= 4 is 15.8 Å². The second-order valence-corrected chi connectivity index (χ2v) is 5.04. The quantitative estimate of drug-likeness (QED) is 0.330. The van der Waals surface area contributed by atoms with Crippen LogP contribution in [0.1, 0.15) is 26.7 Å². The first-order valence-corrected chi connectivity index (χ1v) is 6.07. The van der Waals surface area contributed by atoms with Crippen molar-refractivity contribution < 1.29 is 4.53 Å². The van der Waals surface area contributed by atoms with Gasteiger partial charge in [-0.3, -0.25) is 0 Å². The van der Waals surface area contributed by atoms with Crippen LogP contribution >= 0.6 is 0 Å². The SMILES string of the molecule is C=NO[SiH](CCC)CCC. The minimum absolute atomic E-state index is 0.963. The van der Waals surface area contributed by atoms with Crippen LogP contribution in [0.15, 0.2) is 5.16 Å². The number of hydrogen-bond acceptors (Lipinski definition) is 2. The van der Waals surface area contributed by atoms with Gasteiger partial charge in [-0.05, 0) is 12.1 Å². The molecule has 2 nitrogen and oxygen atoms in total. The van der Waals surface area contributed by atoms with Crippen LogP contribution in [0.5, 0.6) is 0 Å². The lowest BCUT2D eigenvalue weighted by molar-refractivity contribution is 0.345. The van der Waals surface area contributed by atoms with E-state index in [2.05, 4.69) is 25.7 Å². The summed E-state index contributed by atoms with van der Waals surface area (Å²) in [6.07, 6.45) is 2.43. The molecule has 60 valence electrons. The highest BCUT2D eigenvalue weighted by molar-refractivity contribution is 6.51. The predicted molar refractivity (Wildman–Crippen MR) is 48.0 cm³/mol. The molecule has 3 heteroatoms. The minimum atomic E-state index is -0.963. The first-order chi connectivity index (χ1) is 4.85. The molecule has 10 heavy (non-hydrogen) atoms. The zero-order valence-corrected chi connectivity index (χ0v) is 8.12. The fourth-order valence-electron chi connectivity index (χ4n) is 0.999. The molecule has 0 rings (SSSR count). The van der Waals surface area contributed by atoms with Gasteiger partial charge in [0.2, 0.25) is 0 Å². The average Bonchev–Trinajstić information content (AvgIpc) is 1.90. The third kappa shape index (κ3) is 4.55. The first-order valence-electron chi connectivity index (χ1n) is 3.97. The molecule has 0 unspecified atom stereocenters. The van der Waals surface area contributed by atoms with Gasteiger partial charge < -0.3 is 4.53 Å². The van der Waals surface area contributed by atoms with Gasteiger partial charge in [-0.2, -0.15) is 0 Å². The summed E-state index contributed by atoms with van der Waals surface area (Å²) in [5.74, 6) is 0. The zero-order valence-electron chi connectivity index (χ0n) is 6.97. The summed E-state index contributed by atoms with van der Waals surface area (Å²) >= 11 is 0. The molecule has 0 aromatic rings. The maximum Gasteiger partial charge on any atom is 0.272 e. The Balaban J connectivity index is 3.38. The Morgan fingerprint density at radius 3 is 2.10 bits per heavy atom. The molecule has 0 atom stereocenters. The predicted octanol–water partition coefficient (Wildman–Crippen LogP) is 2.16. The lowest BCUT2D eigenvalue weighted by Crippen LogP contribution is -2.13. The van der Waals surface area contributed by atoms with E-state index < -0.39 is 9.04 Å². The largest absolute Gasteiger partial charge is 0.459 e. The first kappa shape index (κ1) is 9.69. The van der Waals surface area contributed by atoms with E-state index in [0.29, 0.717) is 0 Å². The van der Waals surface area contributed by atoms with Crippen molar-refractivity contribution in [1.29, 1.82) is 0 Å². The summed E-state index contributed by atoms with van der Waals surface area (Å²) in [6.45, 7) is 7.69. The van der Waals surface area contributed by atoms with E-state index in [9.17, 15) is 0 Å².